The smallest absolute Gasteiger partial charge is 0.303 e. The highest BCUT2D eigenvalue weighted by Crippen LogP contribution is 2.51. The number of aryl methyl sites for hydroxylation is 1. The predicted molar refractivity (Wildman–Crippen MR) is 229 cm³/mol. The molecular weight excluding hydrogens is 815 g/mol. The van der Waals surface area contributed by atoms with Crippen LogP contribution >= 0.6 is 0 Å². The van der Waals surface area contributed by atoms with Crippen molar-refractivity contribution >= 4 is 43.7 Å². The predicted octanol–water partition coefficient (Wildman–Crippen LogP) is 5.81. The van der Waals surface area contributed by atoms with E-state index in [0.29, 0.717) is 74.5 Å². The van der Waals surface area contributed by atoms with Gasteiger partial charge in [0.15, 0.2) is 0 Å². The first kappa shape index (κ1) is 49.7. The third-order valence-corrected chi connectivity index (χ3v) is 12.5. The number of methoxy groups -OCH3 is 2. The molecule has 3 rings (SSSR count). The average molecular weight is 874 g/mol. The summed E-state index contributed by atoms with van der Waals surface area (Å²) in [5, 5.41) is 14.8. The molecule has 1 heterocycles. The third-order valence-electron chi connectivity index (χ3n) is 10.8. The van der Waals surface area contributed by atoms with Crippen molar-refractivity contribution in [1.82, 2.24) is 10.6 Å². The van der Waals surface area contributed by atoms with Gasteiger partial charge in [0.25, 0.3) is 20.2 Å². The van der Waals surface area contributed by atoms with Crippen molar-refractivity contribution in [3.63, 3.8) is 0 Å². The molecular formula is C43H59N3O12S2. The highest BCUT2D eigenvalue weighted by molar-refractivity contribution is 7.86. The van der Waals surface area contributed by atoms with Crippen LogP contribution in [0.5, 0.6) is 0 Å². The topological polar surface area (TPSA) is 226 Å². The number of carboxylic acid groups (broad SMARTS) is 1. The number of unbranched alkanes of at least 4 members (excludes halogenated alkanes) is 2. The van der Waals surface area contributed by atoms with Crippen molar-refractivity contribution in [2.75, 3.05) is 52.0 Å². The Labute approximate surface area is 354 Å². The number of benzene rings is 2. The summed E-state index contributed by atoms with van der Waals surface area (Å²) in [7, 11) is -6.05. The largest absolute Gasteiger partial charge is 0.481 e. The number of fused-ring (bicyclic) bond motifs is 1. The van der Waals surface area contributed by atoms with Crippen LogP contribution < -0.4 is 15.5 Å². The molecule has 1 aliphatic heterocycles. The summed E-state index contributed by atoms with van der Waals surface area (Å²) in [6.07, 6.45) is 11.3. The molecule has 2 atom stereocenters. The number of aliphatic carboxylic acids is 1. The van der Waals surface area contributed by atoms with Crippen molar-refractivity contribution in [3.05, 3.63) is 101 Å². The van der Waals surface area contributed by atoms with Crippen molar-refractivity contribution in [2.45, 2.75) is 92.8 Å². The third kappa shape index (κ3) is 13.7. The number of carbonyl (C=O) groups is 3. The van der Waals surface area contributed by atoms with E-state index >= 15 is 0 Å². The van der Waals surface area contributed by atoms with Crippen LogP contribution in [-0.4, -0.2) is 95.9 Å². The number of rotatable bonds is 25. The Morgan fingerprint density at radius 3 is 2.05 bits per heavy atom. The zero-order chi connectivity index (χ0) is 44.7. The van der Waals surface area contributed by atoms with Gasteiger partial charge in [0.1, 0.15) is 0 Å². The molecule has 17 heteroatoms. The van der Waals surface area contributed by atoms with E-state index < -0.39 is 37.0 Å². The number of nitrogens with zero attached hydrogens (tertiary/aromatic N) is 1. The van der Waals surface area contributed by atoms with Gasteiger partial charge in [0, 0.05) is 75.3 Å². The summed E-state index contributed by atoms with van der Waals surface area (Å²) >= 11 is 0. The number of carboxylic acids is 1. The number of anilines is 1. The van der Waals surface area contributed by atoms with Crippen LogP contribution in [0.25, 0.3) is 0 Å². The fraction of sp³-hybridized carbons (Fsp3) is 0.465. The maximum atomic E-state index is 12.9. The maximum absolute atomic E-state index is 12.9. The molecule has 0 saturated carbocycles. The molecule has 0 aliphatic carbocycles. The standard InChI is InChI=1S/C43H59N3O12S2/c1-31-16-17-33(59(51,52)53)29-35(31)42(3,22-20-39(47)44-24-27-57-5)32(2)13-9-7-10-14-38-43(4,23-21-40(48)45-25-28-58-6)36-30-34(60(54,55)56)18-19-37(36)46(38)26-12-8-11-15-41(49)50/h7,9-10,13-14,16-19,29-30H,2,8,11-12,15,20-28H2,1,3-6H3,(H,44,47)(H,45,48)(H,49,50)(H,51,52,53)(H,54,55,56)/b10-7+,13-9+,38-14+. The first-order chi connectivity index (χ1) is 28.2. The molecule has 0 saturated heterocycles. The lowest BCUT2D eigenvalue weighted by atomic mass is 9.71. The van der Waals surface area contributed by atoms with Gasteiger partial charge < -0.3 is 30.1 Å². The highest BCUT2D eigenvalue weighted by Gasteiger charge is 2.44. The molecule has 5 N–H and O–H groups in total. The van der Waals surface area contributed by atoms with Crippen molar-refractivity contribution in [3.8, 4) is 0 Å². The van der Waals surface area contributed by atoms with Gasteiger partial charge in [-0.05, 0) is 98.2 Å². The Kier molecular flexibility index (Phi) is 18.4. The second-order valence-corrected chi connectivity index (χ2v) is 18.0. The number of allylic oxidation sites excluding steroid dienone is 7. The number of ether oxygens (including phenoxy) is 2. The molecule has 15 nitrogen and oxygen atoms in total. The number of carbonyl (C=O) groups excluding carboxylic acids is 2. The lowest BCUT2D eigenvalue weighted by Crippen LogP contribution is -2.32. The second kappa shape index (κ2) is 22.3. The Balaban J connectivity index is 2.06. The van der Waals surface area contributed by atoms with Gasteiger partial charge in [-0.15, -0.1) is 0 Å². The van der Waals surface area contributed by atoms with Crippen molar-refractivity contribution < 1.29 is 54.9 Å². The molecule has 2 amide bonds. The van der Waals surface area contributed by atoms with E-state index in [1.807, 2.05) is 24.8 Å². The lowest BCUT2D eigenvalue weighted by Gasteiger charge is -2.33. The normalized spacial score (nSPS) is 17.2. The van der Waals surface area contributed by atoms with Crippen LogP contribution in [0.1, 0.15) is 81.9 Å². The van der Waals surface area contributed by atoms with Crippen LogP contribution in [0.2, 0.25) is 0 Å². The van der Waals surface area contributed by atoms with E-state index in [4.69, 9.17) is 14.6 Å². The van der Waals surface area contributed by atoms with Gasteiger partial charge in [-0.25, -0.2) is 0 Å². The first-order valence-corrected chi connectivity index (χ1v) is 22.5. The Hall–Kier alpha value is -4.65. The molecule has 2 aromatic carbocycles. The fourth-order valence-corrected chi connectivity index (χ4v) is 8.31. The minimum Gasteiger partial charge on any atom is -0.481 e. The lowest BCUT2D eigenvalue weighted by molar-refractivity contribution is -0.137. The molecule has 330 valence electrons. The Morgan fingerprint density at radius 1 is 0.850 bits per heavy atom. The van der Waals surface area contributed by atoms with Crippen LogP contribution in [0, 0.1) is 6.92 Å². The van der Waals surface area contributed by atoms with E-state index in [0.717, 1.165) is 11.3 Å². The summed E-state index contributed by atoms with van der Waals surface area (Å²) in [4.78, 5) is 38.3. The van der Waals surface area contributed by atoms with Gasteiger partial charge in [0.2, 0.25) is 11.8 Å². The average Bonchev–Trinajstić information content (AvgIpc) is 3.41. The number of hydrogen-bond acceptors (Lipinski definition) is 10. The monoisotopic (exact) mass is 873 g/mol. The minimum atomic E-state index is -4.57. The molecule has 1 aliphatic rings. The van der Waals surface area contributed by atoms with Crippen LogP contribution in [0.3, 0.4) is 0 Å². The molecule has 0 bridgehead atoms. The molecule has 0 radical (unpaired) electrons. The van der Waals surface area contributed by atoms with Gasteiger partial charge in [-0.3, -0.25) is 23.5 Å². The Bertz CT molecular complexity index is 2180. The number of hydrogen-bond donors (Lipinski definition) is 5. The zero-order valence-electron chi connectivity index (χ0n) is 35.0. The highest BCUT2D eigenvalue weighted by atomic mass is 32.2. The zero-order valence-corrected chi connectivity index (χ0v) is 36.7. The molecule has 0 spiro atoms. The SMILES string of the molecule is C=C(/C=C/C=C/C=C1/N(CCCCCC(=O)O)c2ccc(S(=O)(=O)O)cc2C1(C)CCC(=O)NCCOC)C(C)(CCC(=O)NCCOC)c1cc(S(=O)(=O)O)ccc1C. The minimum absolute atomic E-state index is 0.0272. The summed E-state index contributed by atoms with van der Waals surface area (Å²) < 4.78 is 78.8. The summed E-state index contributed by atoms with van der Waals surface area (Å²) in [6.45, 7) is 11.6. The summed E-state index contributed by atoms with van der Waals surface area (Å²) in [5.41, 5.74) is 2.02. The van der Waals surface area contributed by atoms with Crippen molar-refractivity contribution in [2.24, 2.45) is 0 Å². The van der Waals surface area contributed by atoms with Gasteiger partial charge in [0.05, 0.1) is 23.0 Å². The Morgan fingerprint density at radius 2 is 1.45 bits per heavy atom. The van der Waals surface area contributed by atoms with E-state index in [1.165, 1.54) is 38.5 Å². The fourth-order valence-electron chi connectivity index (χ4n) is 7.30. The second-order valence-electron chi connectivity index (χ2n) is 15.1. The van der Waals surface area contributed by atoms with Crippen molar-refractivity contribution in [1.29, 1.82) is 0 Å². The van der Waals surface area contributed by atoms with E-state index in [9.17, 15) is 40.3 Å². The van der Waals surface area contributed by atoms with Crippen LogP contribution in [-0.2, 0) is 54.9 Å². The molecule has 0 fully saturated rings. The van der Waals surface area contributed by atoms with Gasteiger partial charge >= 0.3 is 5.97 Å². The number of nitrogens with one attached hydrogen (secondary N) is 2. The maximum Gasteiger partial charge on any atom is 0.303 e. The molecule has 2 aromatic rings. The molecule has 60 heavy (non-hydrogen) atoms. The first-order valence-electron chi connectivity index (χ1n) is 19.6. The summed E-state index contributed by atoms with van der Waals surface area (Å²) in [5.74, 6) is -1.34. The van der Waals surface area contributed by atoms with E-state index in [1.54, 1.807) is 43.4 Å². The quantitative estimate of drug-likeness (QED) is 0.0452. The van der Waals surface area contributed by atoms with E-state index in [2.05, 4.69) is 17.2 Å². The molecule has 2 unspecified atom stereocenters. The molecule has 0 aromatic heterocycles. The van der Waals surface area contributed by atoms with E-state index in [-0.39, 0.29) is 53.7 Å². The van der Waals surface area contributed by atoms with Gasteiger partial charge in [-0.1, -0.05) is 50.3 Å². The summed E-state index contributed by atoms with van der Waals surface area (Å²) in [6, 6.07) is 8.68. The number of amides is 2. The van der Waals surface area contributed by atoms with Crippen LogP contribution in [0.15, 0.2) is 94.4 Å². The van der Waals surface area contributed by atoms with Crippen LogP contribution in [0.4, 0.5) is 5.69 Å². The van der Waals surface area contributed by atoms with Gasteiger partial charge in [-0.2, -0.15) is 16.8 Å².